The molecule has 3 nitrogen and oxygen atoms in total. The number of hydrogen-bond donors (Lipinski definition) is 0. The molecule has 0 aromatic heterocycles. The molecule has 0 bridgehead atoms. The van der Waals surface area contributed by atoms with Crippen LogP contribution in [0.4, 0.5) is 0 Å². The number of benzene rings is 1. The highest BCUT2D eigenvalue weighted by molar-refractivity contribution is 6.00. The molecule has 1 aromatic rings. The number of methoxy groups -OCH3 is 1. The van der Waals surface area contributed by atoms with Gasteiger partial charge in [-0.25, -0.2) is 0 Å². The van der Waals surface area contributed by atoms with Crippen LogP contribution in [0.25, 0.3) is 0 Å². The molecule has 0 heterocycles. The maximum atomic E-state index is 12.4. The first-order chi connectivity index (χ1) is 8.91. The Morgan fingerprint density at radius 1 is 1.21 bits per heavy atom. The van der Waals surface area contributed by atoms with E-state index in [4.69, 9.17) is 9.47 Å². The van der Waals surface area contributed by atoms with Gasteiger partial charge in [-0.05, 0) is 42.5 Å². The van der Waals surface area contributed by atoms with E-state index in [1.54, 1.807) is 7.11 Å². The lowest BCUT2D eigenvalue weighted by Crippen LogP contribution is -2.36. The van der Waals surface area contributed by atoms with Crippen molar-refractivity contribution in [3.05, 3.63) is 29.8 Å². The van der Waals surface area contributed by atoms with Crippen LogP contribution in [-0.4, -0.2) is 25.1 Å². The molecule has 2 rings (SSSR count). The number of carbonyl (C=O) groups is 1. The van der Waals surface area contributed by atoms with Crippen LogP contribution in [0, 0.1) is 5.41 Å². The fourth-order valence-corrected chi connectivity index (χ4v) is 2.08. The van der Waals surface area contributed by atoms with E-state index in [0.717, 1.165) is 18.6 Å². The van der Waals surface area contributed by atoms with Gasteiger partial charge in [-0.15, -0.1) is 0 Å². The van der Waals surface area contributed by atoms with Gasteiger partial charge in [0, 0.05) is 12.7 Å². The van der Waals surface area contributed by atoms with Gasteiger partial charge in [0.25, 0.3) is 0 Å². The lowest BCUT2D eigenvalue weighted by atomic mass is 9.84. The topological polar surface area (TPSA) is 35.5 Å². The first-order valence-electron chi connectivity index (χ1n) is 6.75. The quantitative estimate of drug-likeness (QED) is 0.762. The van der Waals surface area contributed by atoms with Crippen LogP contribution in [0.5, 0.6) is 5.75 Å². The molecule has 104 valence electrons. The number of carbonyl (C=O) groups excluding carboxylic acids is 1. The van der Waals surface area contributed by atoms with Crippen molar-refractivity contribution in [2.45, 2.75) is 45.8 Å². The molecule has 1 aromatic carbocycles. The monoisotopic (exact) mass is 262 g/mol. The van der Waals surface area contributed by atoms with E-state index in [-0.39, 0.29) is 11.2 Å². The second kappa shape index (κ2) is 5.33. The third kappa shape index (κ3) is 3.57. The third-order valence-corrected chi connectivity index (χ3v) is 3.23. The average Bonchev–Trinajstić information content (AvgIpc) is 3.13. The van der Waals surface area contributed by atoms with Crippen LogP contribution in [0.2, 0.25) is 0 Å². The van der Waals surface area contributed by atoms with Crippen molar-refractivity contribution in [2.75, 3.05) is 7.11 Å². The zero-order chi connectivity index (χ0) is 14.0. The van der Waals surface area contributed by atoms with Gasteiger partial charge in [-0.3, -0.25) is 4.79 Å². The highest BCUT2D eigenvalue weighted by Crippen LogP contribution is 2.28. The minimum atomic E-state index is -0.428. The standard InChI is InChI=1S/C16H22O3/c1-16(2,3)15(18-4)14(17)11-5-7-12(8-6-11)19-13-9-10-13/h5-8,13,15H,9-10H2,1-4H3. The van der Waals surface area contributed by atoms with Gasteiger partial charge in [0.1, 0.15) is 11.9 Å². The Morgan fingerprint density at radius 3 is 2.21 bits per heavy atom. The highest BCUT2D eigenvalue weighted by Gasteiger charge is 2.32. The van der Waals surface area contributed by atoms with Gasteiger partial charge in [0.2, 0.25) is 0 Å². The van der Waals surface area contributed by atoms with E-state index < -0.39 is 6.10 Å². The van der Waals surface area contributed by atoms with Crippen molar-refractivity contribution < 1.29 is 14.3 Å². The fourth-order valence-electron chi connectivity index (χ4n) is 2.08. The Kier molecular flexibility index (Phi) is 3.95. The van der Waals surface area contributed by atoms with Crippen molar-refractivity contribution in [2.24, 2.45) is 5.41 Å². The molecule has 1 atom stereocenters. The predicted molar refractivity (Wildman–Crippen MR) is 74.7 cm³/mol. The SMILES string of the molecule is COC(C(=O)c1ccc(OC2CC2)cc1)C(C)(C)C. The van der Waals surface area contributed by atoms with Crippen molar-refractivity contribution in [3.63, 3.8) is 0 Å². The molecule has 1 aliphatic carbocycles. The smallest absolute Gasteiger partial charge is 0.192 e. The van der Waals surface area contributed by atoms with Crippen LogP contribution in [-0.2, 0) is 4.74 Å². The van der Waals surface area contributed by atoms with Crippen LogP contribution in [0.3, 0.4) is 0 Å². The van der Waals surface area contributed by atoms with E-state index in [1.807, 2.05) is 45.0 Å². The van der Waals surface area contributed by atoms with Crippen molar-refractivity contribution in [1.82, 2.24) is 0 Å². The molecular formula is C16H22O3. The molecule has 1 saturated carbocycles. The number of Topliss-reactive ketones (excluding diaryl/α,β-unsaturated/α-hetero) is 1. The van der Waals surface area contributed by atoms with Crippen LogP contribution in [0.15, 0.2) is 24.3 Å². The zero-order valence-electron chi connectivity index (χ0n) is 12.1. The maximum Gasteiger partial charge on any atom is 0.192 e. The molecule has 3 heteroatoms. The third-order valence-electron chi connectivity index (χ3n) is 3.23. The number of ketones is 1. The van der Waals surface area contributed by atoms with Gasteiger partial charge < -0.3 is 9.47 Å². The van der Waals surface area contributed by atoms with E-state index in [2.05, 4.69) is 0 Å². The molecule has 0 saturated heterocycles. The molecular weight excluding hydrogens is 240 g/mol. The molecule has 1 fully saturated rings. The van der Waals surface area contributed by atoms with E-state index >= 15 is 0 Å². The van der Waals surface area contributed by atoms with Crippen molar-refractivity contribution >= 4 is 5.78 Å². The maximum absolute atomic E-state index is 12.4. The van der Waals surface area contributed by atoms with Crippen LogP contribution < -0.4 is 4.74 Å². The zero-order valence-corrected chi connectivity index (χ0v) is 12.1. The van der Waals surface area contributed by atoms with Gasteiger partial charge in [0.05, 0.1) is 6.10 Å². The summed E-state index contributed by atoms with van der Waals surface area (Å²) in [6, 6.07) is 7.36. The molecule has 1 unspecified atom stereocenters. The highest BCUT2D eigenvalue weighted by atomic mass is 16.5. The summed E-state index contributed by atoms with van der Waals surface area (Å²) in [5.74, 6) is 0.858. The lowest BCUT2D eigenvalue weighted by molar-refractivity contribution is 0.0196. The summed E-state index contributed by atoms with van der Waals surface area (Å²) < 4.78 is 11.0. The summed E-state index contributed by atoms with van der Waals surface area (Å²) in [5, 5.41) is 0. The Morgan fingerprint density at radius 2 is 1.79 bits per heavy atom. The summed E-state index contributed by atoms with van der Waals surface area (Å²) in [6.45, 7) is 6.01. The average molecular weight is 262 g/mol. The second-order valence-corrected chi connectivity index (χ2v) is 6.19. The van der Waals surface area contributed by atoms with Crippen LogP contribution >= 0.6 is 0 Å². The number of rotatable bonds is 5. The Labute approximate surface area is 114 Å². The van der Waals surface area contributed by atoms with E-state index in [1.165, 1.54) is 0 Å². The normalized spacial score (nSPS) is 17.1. The van der Waals surface area contributed by atoms with Crippen LogP contribution in [0.1, 0.15) is 44.0 Å². The first-order valence-corrected chi connectivity index (χ1v) is 6.75. The molecule has 0 N–H and O–H groups in total. The van der Waals surface area contributed by atoms with Gasteiger partial charge >= 0.3 is 0 Å². The molecule has 0 spiro atoms. The Balaban J connectivity index is 2.09. The minimum Gasteiger partial charge on any atom is -0.490 e. The van der Waals surface area contributed by atoms with Gasteiger partial charge in [0.15, 0.2) is 5.78 Å². The predicted octanol–water partition coefficient (Wildman–Crippen LogP) is 3.47. The molecule has 1 aliphatic rings. The minimum absolute atomic E-state index is 0.0213. The molecule has 0 aliphatic heterocycles. The van der Waals surface area contributed by atoms with Crippen molar-refractivity contribution in [3.8, 4) is 5.75 Å². The molecule has 0 amide bonds. The van der Waals surface area contributed by atoms with E-state index in [9.17, 15) is 4.79 Å². The summed E-state index contributed by atoms with van der Waals surface area (Å²) in [6.07, 6.45) is 2.22. The summed E-state index contributed by atoms with van der Waals surface area (Å²) in [5.41, 5.74) is 0.458. The lowest BCUT2D eigenvalue weighted by Gasteiger charge is -2.28. The number of hydrogen-bond acceptors (Lipinski definition) is 3. The Hall–Kier alpha value is -1.35. The van der Waals surface area contributed by atoms with Gasteiger partial charge in [-0.1, -0.05) is 20.8 Å². The summed E-state index contributed by atoms with van der Waals surface area (Å²) in [4.78, 5) is 12.4. The molecule has 19 heavy (non-hydrogen) atoms. The Bertz CT molecular complexity index is 438. The largest absolute Gasteiger partial charge is 0.490 e. The summed E-state index contributed by atoms with van der Waals surface area (Å²) in [7, 11) is 1.58. The second-order valence-electron chi connectivity index (χ2n) is 6.19. The fraction of sp³-hybridized carbons (Fsp3) is 0.562. The molecule has 0 radical (unpaired) electrons. The van der Waals surface area contributed by atoms with E-state index in [0.29, 0.717) is 11.7 Å². The van der Waals surface area contributed by atoms with Crippen molar-refractivity contribution in [1.29, 1.82) is 0 Å². The first kappa shape index (κ1) is 14.1. The number of ether oxygens (including phenoxy) is 2. The summed E-state index contributed by atoms with van der Waals surface area (Å²) >= 11 is 0. The van der Waals surface area contributed by atoms with Gasteiger partial charge in [-0.2, -0.15) is 0 Å².